The molecule has 2 aromatic rings. The third kappa shape index (κ3) is 2.86. The molecule has 0 amide bonds. The van der Waals surface area contributed by atoms with Gasteiger partial charge in [-0.05, 0) is 43.2 Å². The number of H-pyrrole nitrogens is 1. The summed E-state index contributed by atoms with van der Waals surface area (Å²) in [4.78, 5) is 26.0. The third-order valence-corrected chi connectivity index (χ3v) is 5.12. The Morgan fingerprint density at radius 2 is 1.96 bits per heavy atom. The Hall–Kier alpha value is -2.43. The molecule has 2 atom stereocenters. The Bertz CT molecular complexity index is 793. The van der Waals surface area contributed by atoms with Crippen molar-refractivity contribution in [3.63, 3.8) is 0 Å². The van der Waals surface area contributed by atoms with E-state index in [1.807, 2.05) is 25.3 Å². The first kappa shape index (κ1) is 15.1. The number of aromatic nitrogens is 3. The minimum atomic E-state index is -0.114. The molecule has 2 unspecified atom stereocenters. The molecule has 2 aromatic heterocycles. The Balaban J connectivity index is 1.55. The van der Waals surface area contributed by atoms with E-state index >= 15 is 0 Å². The van der Waals surface area contributed by atoms with Gasteiger partial charge in [-0.1, -0.05) is 19.1 Å². The largest absolute Gasteiger partial charge is 0.356 e. The maximum absolute atomic E-state index is 11.7. The van der Waals surface area contributed by atoms with E-state index in [1.54, 1.807) is 6.07 Å². The highest BCUT2D eigenvalue weighted by atomic mass is 16.1. The molecule has 1 N–H and O–H groups in total. The molecule has 0 aromatic carbocycles. The molecule has 0 spiro atoms. The van der Waals surface area contributed by atoms with Gasteiger partial charge in [-0.2, -0.15) is 0 Å². The number of fused-ring (bicyclic) bond motifs is 1. The van der Waals surface area contributed by atoms with Gasteiger partial charge in [0.25, 0.3) is 5.56 Å². The summed E-state index contributed by atoms with van der Waals surface area (Å²) in [5.41, 5.74) is 1.54. The van der Waals surface area contributed by atoms with Crippen molar-refractivity contribution in [2.45, 2.75) is 26.2 Å². The van der Waals surface area contributed by atoms with E-state index in [-0.39, 0.29) is 5.56 Å². The van der Waals surface area contributed by atoms with Gasteiger partial charge in [0.15, 0.2) is 0 Å². The fourth-order valence-corrected chi connectivity index (χ4v) is 3.74. The standard InChI is InChI=1S/C19H22N4O/c1-2-16-9-18(24)22-19(21-16)13-7-8-17(20-10-13)23-11-14-5-3-4-6-15(14)12-23/h3-4,7-10,14-15H,2,5-6,11-12H2,1H3,(H,21,22,24). The number of anilines is 1. The molecule has 1 aliphatic heterocycles. The zero-order chi connectivity index (χ0) is 16.5. The van der Waals surface area contributed by atoms with Crippen molar-refractivity contribution in [1.82, 2.24) is 15.0 Å². The highest BCUT2D eigenvalue weighted by molar-refractivity contribution is 5.56. The van der Waals surface area contributed by atoms with E-state index in [9.17, 15) is 4.79 Å². The van der Waals surface area contributed by atoms with E-state index in [2.05, 4.69) is 32.0 Å². The van der Waals surface area contributed by atoms with Crippen LogP contribution in [0.5, 0.6) is 0 Å². The number of hydrogen-bond acceptors (Lipinski definition) is 4. The first-order valence-electron chi connectivity index (χ1n) is 8.69. The lowest BCUT2D eigenvalue weighted by Crippen LogP contribution is -2.20. The number of allylic oxidation sites excluding steroid dienone is 2. The molecule has 5 nitrogen and oxygen atoms in total. The van der Waals surface area contributed by atoms with E-state index in [1.165, 1.54) is 12.8 Å². The average molecular weight is 322 g/mol. The lowest BCUT2D eigenvalue weighted by Gasteiger charge is -2.17. The fourth-order valence-electron chi connectivity index (χ4n) is 3.74. The van der Waals surface area contributed by atoms with Gasteiger partial charge in [-0.15, -0.1) is 0 Å². The number of aryl methyl sites for hydroxylation is 1. The van der Waals surface area contributed by atoms with Crippen LogP contribution in [0, 0.1) is 11.8 Å². The highest BCUT2D eigenvalue weighted by Gasteiger charge is 2.33. The Morgan fingerprint density at radius 1 is 1.21 bits per heavy atom. The van der Waals surface area contributed by atoms with Crippen molar-refractivity contribution in [2.24, 2.45) is 11.8 Å². The molecule has 4 rings (SSSR count). The summed E-state index contributed by atoms with van der Waals surface area (Å²) in [7, 11) is 0. The molecular weight excluding hydrogens is 300 g/mol. The molecule has 24 heavy (non-hydrogen) atoms. The van der Waals surface area contributed by atoms with Crippen molar-refractivity contribution in [3.8, 4) is 11.4 Å². The summed E-state index contributed by atoms with van der Waals surface area (Å²) < 4.78 is 0. The van der Waals surface area contributed by atoms with Crippen LogP contribution in [-0.2, 0) is 6.42 Å². The molecule has 3 heterocycles. The number of aromatic amines is 1. The summed E-state index contributed by atoms with van der Waals surface area (Å²) in [6, 6.07) is 5.59. The summed E-state index contributed by atoms with van der Waals surface area (Å²) >= 11 is 0. The molecule has 0 radical (unpaired) electrons. The Kier molecular flexibility index (Phi) is 3.92. The minimum absolute atomic E-state index is 0.114. The van der Waals surface area contributed by atoms with Gasteiger partial charge in [0.1, 0.15) is 11.6 Å². The van der Waals surface area contributed by atoms with Crippen molar-refractivity contribution in [3.05, 3.63) is 52.6 Å². The molecule has 1 fully saturated rings. The Morgan fingerprint density at radius 3 is 2.58 bits per heavy atom. The van der Waals surface area contributed by atoms with Crippen LogP contribution in [0.3, 0.4) is 0 Å². The van der Waals surface area contributed by atoms with E-state index in [0.29, 0.717) is 5.82 Å². The van der Waals surface area contributed by atoms with Crippen LogP contribution in [0.25, 0.3) is 11.4 Å². The second kappa shape index (κ2) is 6.23. The second-order valence-electron chi connectivity index (χ2n) is 6.71. The normalized spacial score (nSPS) is 22.6. The summed E-state index contributed by atoms with van der Waals surface area (Å²) in [6.07, 6.45) is 9.55. The quantitative estimate of drug-likeness (QED) is 0.883. The lowest BCUT2D eigenvalue weighted by molar-refractivity contribution is 0.411. The first-order valence-corrected chi connectivity index (χ1v) is 8.69. The maximum atomic E-state index is 11.7. The number of nitrogens with zero attached hydrogens (tertiary/aromatic N) is 3. The maximum Gasteiger partial charge on any atom is 0.251 e. The first-order chi connectivity index (χ1) is 11.7. The highest BCUT2D eigenvalue weighted by Crippen LogP contribution is 2.34. The topological polar surface area (TPSA) is 61.9 Å². The molecule has 1 aliphatic carbocycles. The van der Waals surface area contributed by atoms with Crippen LogP contribution in [0.1, 0.15) is 25.5 Å². The van der Waals surface area contributed by atoms with Gasteiger partial charge in [0.2, 0.25) is 0 Å². The van der Waals surface area contributed by atoms with Gasteiger partial charge in [0, 0.05) is 36.6 Å². The summed E-state index contributed by atoms with van der Waals surface area (Å²) in [6.45, 7) is 4.16. The number of rotatable bonds is 3. The van der Waals surface area contributed by atoms with Gasteiger partial charge < -0.3 is 9.88 Å². The van der Waals surface area contributed by atoms with Crippen molar-refractivity contribution >= 4 is 5.82 Å². The summed E-state index contributed by atoms with van der Waals surface area (Å²) in [5, 5.41) is 0. The van der Waals surface area contributed by atoms with Gasteiger partial charge in [0.05, 0.1) is 0 Å². The van der Waals surface area contributed by atoms with Gasteiger partial charge >= 0.3 is 0 Å². The van der Waals surface area contributed by atoms with Crippen LogP contribution in [0.2, 0.25) is 0 Å². The summed E-state index contributed by atoms with van der Waals surface area (Å²) in [5.74, 6) is 3.13. The SMILES string of the molecule is CCc1cc(=O)[nH]c(-c2ccc(N3CC4CC=CCC4C3)nc2)n1. The van der Waals surface area contributed by atoms with E-state index < -0.39 is 0 Å². The van der Waals surface area contributed by atoms with Crippen LogP contribution >= 0.6 is 0 Å². The van der Waals surface area contributed by atoms with E-state index in [0.717, 1.165) is 48.4 Å². The van der Waals surface area contributed by atoms with Crippen molar-refractivity contribution in [1.29, 1.82) is 0 Å². The van der Waals surface area contributed by atoms with Crippen molar-refractivity contribution < 1.29 is 0 Å². The third-order valence-electron chi connectivity index (χ3n) is 5.12. The number of nitrogens with one attached hydrogen (secondary N) is 1. The number of pyridine rings is 1. The molecule has 0 saturated carbocycles. The number of hydrogen-bond donors (Lipinski definition) is 1. The van der Waals surface area contributed by atoms with E-state index in [4.69, 9.17) is 0 Å². The monoisotopic (exact) mass is 322 g/mol. The van der Waals surface area contributed by atoms with Crippen LogP contribution < -0.4 is 10.5 Å². The van der Waals surface area contributed by atoms with Crippen molar-refractivity contribution in [2.75, 3.05) is 18.0 Å². The fraction of sp³-hybridized carbons (Fsp3) is 0.421. The smallest absolute Gasteiger partial charge is 0.251 e. The average Bonchev–Trinajstić information content (AvgIpc) is 3.05. The predicted octanol–water partition coefficient (Wildman–Crippen LogP) is 2.80. The van der Waals surface area contributed by atoms with Crippen LogP contribution in [0.15, 0.2) is 41.3 Å². The minimum Gasteiger partial charge on any atom is -0.356 e. The van der Waals surface area contributed by atoms with Gasteiger partial charge in [-0.25, -0.2) is 9.97 Å². The second-order valence-corrected chi connectivity index (χ2v) is 6.71. The molecule has 5 heteroatoms. The zero-order valence-electron chi connectivity index (χ0n) is 13.9. The lowest BCUT2D eigenvalue weighted by atomic mass is 9.86. The zero-order valence-corrected chi connectivity index (χ0v) is 13.9. The molecule has 2 aliphatic rings. The molecule has 124 valence electrons. The van der Waals surface area contributed by atoms with Crippen LogP contribution in [-0.4, -0.2) is 28.0 Å². The van der Waals surface area contributed by atoms with Crippen LogP contribution in [0.4, 0.5) is 5.82 Å². The van der Waals surface area contributed by atoms with Gasteiger partial charge in [-0.3, -0.25) is 4.79 Å². The molecule has 0 bridgehead atoms. The predicted molar refractivity (Wildman–Crippen MR) is 95.0 cm³/mol. The molecular formula is C19H22N4O. The Labute approximate surface area is 141 Å². The molecule has 1 saturated heterocycles.